The number of nitrogens with zero attached hydrogens (tertiary/aromatic N) is 1. The first-order valence-electron chi connectivity index (χ1n) is 11.7. The van der Waals surface area contributed by atoms with Gasteiger partial charge in [-0.15, -0.1) is 13.2 Å². The molecule has 2 aromatic rings. The molecule has 0 saturated carbocycles. The van der Waals surface area contributed by atoms with Crippen LogP contribution >= 0.6 is 0 Å². The summed E-state index contributed by atoms with van der Waals surface area (Å²) in [5, 5.41) is 10.1. The zero-order valence-corrected chi connectivity index (χ0v) is 20.1. The molecule has 1 aliphatic carbocycles. The fraction of sp³-hybridized carbons (Fsp3) is 0.385. The average Bonchev–Trinajstić information content (AvgIpc) is 2.87. The Morgan fingerprint density at radius 2 is 1.79 bits per heavy atom. The van der Waals surface area contributed by atoms with E-state index in [0.717, 1.165) is 12.1 Å². The predicted octanol–water partition coefficient (Wildman–Crippen LogP) is 6.48. The number of β-amino-alcohol motifs (C(OH)–C–C–N with tert-alkyl or cyclic N) is 1. The molecule has 1 heterocycles. The van der Waals surface area contributed by atoms with Crippen molar-refractivity contribution in [3.8, 4) is 22.6 Å². The summed E-state index contributed by atoms with van der Waals surface area (Å²) < 4.78 is 118. The molecule has 0 saturated heterocycles. The van der Waals surface area contributed by atoms with Crippen molar-refractivity contribution in [2.75, 3.05) is 24.7 Å². The summed E-state index contributed by atoms with van der Waals surface area (Å²) in [6.07, 6.45) is -11.0. The second kappa shape index (κ2) is 11.3. The molecule has 4 rings (SSSR count). The summed E-state index contributed by atoms with van der Waals surface area (Å²) >= 11 is 0. The third kappa shape index (κ3) is 6.75. The minimum absolute atomic E-state index is 0.102. The van der Waals surface area contributed by atoms with E-state index in [4.69, 9.17) is 4.74 Å². The van der Waals surface area contributed by atoms with Gasteiger partial charge < -0.3 is 24.2 Å². The molecule has 212 valence electrons. The van der Waals surface area contributed by atoms with E-state index in [0.29, 0.717) is 16.8 Å². The highest BCUT2D eigenvalue weighted by Crippen LogP contribution is 2.45. The van der Waals surface area contributed by atoms with E-state index in [1.54, 1.807) is 23.1 Å². The molecular formula is C26H23F8NO4. The van der Waals surface area contributed by atoms with Crippen LogP contribution in [0.4, 0.5) is 40.8 Å². The van der Waals surface area contributed by atoms with Gasteiger partial charge in [0.2, 0.25) is 0 Å². The first-order valence-corrected chi connectivity index (χ1v) is 11.7. The van der Waals surface area contributed by atoms with Gasteiger partial charge in [-0.05, 0) is 42.3 Å². The van der Waals surface area contributed by atoms with Crippen molar-refractivity contribution < 1.29 is 54.4 Å². The highest BCUT2D eigenvalue weighted by atomic mass is 19.4. The zero-order valence-electron chi connectivity index (χ0n) is 20.1. The number of hydrogen-bond donors (Lipinski definition) is 1. The van der Waals surface area contributed by atoms with Gasteiger partial charge in [-0.25, -0.2) is 4.39 Å². The second-order valence-corrected chi connectivity index (χ2v) is 8.90. The Balaban J connectivity index is 1.68. The Kier molecular flexibility index (Phi) is 8.28. The molecule has 1 N–H and O–H groups in total. The molecule has 0 bridgehead atoms. The van der Waals surface area contributed by atoms with E-state index in [9.17, 15) is 40.2 Å². The van der Waals surface area contributed by atoms with Crippen molar-refractivity contribution in [2.45, 2.75) is 37.5 Å². The van der Waals surface area contributed by atoms with Crippen LogP contribution in [0.25, 0.3) is 11.1 Å². The van der Waals surface area contributed by atoms with Gasteiger partial charge in [0.25, 0.3) is 0 Å². The molecule has 1 aliphatic heterocycles. The van der Waals surface area contributed by atoms with Crippen LogP contribution in [0.2, 0.25) is 0 Å². The highest BCUT2D eigenvalue weighted by molar-refractivity contribution is 5.80. The van der Waals surface area contributed by atoms with Gasteiger partial charge in [-0.2, -0.15) is 17.6 Å². The molecule has 0 spiro atoms. The highest BCUT2D eigenvalue weighted by Gasteiger charge is 2.45. The predicted molar refractivity (Wildman–Crippen MR) is 125 cm³/mol. The molecule has 5 nitrogen and oxygen atoms in total. The number of aliphatic hydroxyl groups excluding tert-OH is 1. The fourth-order valence-electron chi connectivity index (χ4n) is 4.51. The molecular weight excluding hydrogens is 542 g/mol. The standard InChI is InChI=1S/C26H23F8NO4/c27-12-17(36)13-35-21-9-3-8-20(15-4-1-7-19(10-15)39-26(32,33)34)23(21)37-14-22(35)16-5-2-6-18(11-16)38-25(30,31)24(28)29/h1-4,6-11,16-17,22,24,36H,5,12-14H2/t16-,17-,22?/m0/s1. The molecule has 3 atom stereocenters. The number of allylic oxidation sites excluding steroid dienone is 2. The summed E-state index contributed by atoms with van der Waals surface area (Å²) in [6, 6.07) is 9.30. The second-order valence-electron chi connectivity index (χ2n) is 8.90. The monoisotopic (exact) mass is 565 g/mol. The van der Waals surface area contributed by atoms with Crippen LogP contribution in [0, 0.1) is 5.92 Å². The normalized spacial score (nSPS) is 20.3. The van der Waals surface area contributed by atoms with Gasteiger partial charge in [0.05, 0.1) is 17.8 Å². The average molecular weight is 565 g/mol. The first kappa shape index (κ1) is 28.5. The number of halogens is 8. The molecule has 1 unspecified atom stereocenters. The van der Waals surface area contributed by atoms with Gasteiger partial charge >= 0.3 is 18.9 Å². The number of ether oxygens (including phenoxy) is 3. The quantitative estimate of drug-likeness (QED) is 0.353. The number of anilines is 1. The van der Waals surface area contributed by atoms with Crippen molar-refractivity contribution in [1.82, 2.24) is 0 Å². The van der Waals surface area contributed by atoms with E-state index < -0.39 is 55.1 Å². The lowest BCUT2D eigenvalue weighted by Gasteiger charge is -2.43. The molecule has 0 radical (unpaired) electrons. The topological polar surface area (TPSA) is 51.2 Å². The number of fused-ring (bicyclic) bond motifs is 1. The van der Waals surface area contributed by atoms with Gasteiger partial charge in [0.1, 0.15) is 24.8 Å². The summed E-state index contributed by atoms with van der Waals surface area (Å²) in [6.45, 7) is -1.43. The van der Waals surface area contributed by atoms with E-state index >= 15 is 0 Å². The maximum Gasteiger partial charge on any atom is 0.573 e. The van der Waals surface area contributed by atoms with Crippen LogP contribution in [-0.4, -0.2) is 56.0 Å². The molecule has 0 aromatic heterocycles. The van der Waals surface area contributed by atoms with Gasteiger partial charge in [0.15, 0.2) is 5.75 Å². The summed E-state index contributed by atoms with van der Waals surface area (Å²) in [7, 11) is 0. The van der Waals surface area contributed by atoms with Crippen LogP contribution < -0.4 is 14.4 Å². The molecule has 0 amide bonds. The molecule has 39 heavy (non-hydrogen) atoms. The van der Waals surface area contributed by atoms with Crippen LogP contribution in [0.15, 0.2) is 66.5 Å². The maximum atomic E-state index is 13.5. The largest absolute Gasteiger partial charge is 0.573 e. The summed E-state index contributed by atoms with van der Waals surface area (Å²) in [5.41, 5.74) is 1.07. The van der Waals surface area contributed by atoms with Crippen molar-refractivity contribution in [3.63, 3.8) is 0 Å². The Morgan fingerprint density at radius 1 is 1.05 bits per heavy atom. The number of alkyl halides is 8. The number of hydrogen-bond acceptors (Lipinski definition) is 5. The lowest BCUT2D eigenvalue weighted by Crippen LogP contribution is -2.50. The van der Waals surface area contributed by atoms with E-state index in [1.165, 1.54) is 30.4 Å². The number of aliphatic hydroxyl groups is 1. The number of para-hydroxylation sites is 1. The van der Waals surface area contributed by atoms with Crippen molar-refractivity contribution in [2.24, 2.45) is 5.92 Å². The van der Waals surface area contributed by atoms with Crippen LogP contribution in [0.3, 0.4) is 0 Å². The van der Waals surface area contributed by atoms with E-state index in [-0.39, 0.29) is 25.3 Å². The van der Waals surface area contributed by atoms with E-state index in [2.05, 4.69) is 9.47 Å². The number of benzene rings is 2. The van der Waals surface area contributed by atoms with Crippen LogP contribution in [-0.2, 0) is 4.74 Å². The number of rotatable bonds is 9. The Labute approximate surface area is 217 Å². The molecule has 13 heteroatoms. The minimum Gasteiger partial charge on any atom is -0.489 e. The maximum absolute atomic E-state index is 13.5. The smallest absolute Gasteiger partial charge is 0.489 e. The Hall–Kier alpha value is -3.48. The Bertz CT molecular complexity index is 1220. The molecule has 2 aliphatic rings. The van der Waals surface area contributed by atoms with Gasteiger partial charge in [0, 0.05) is 18.0 Å². The third-order valence-corrected chi connectivity index (χ3v) is 6.14. The third-order valence-electron chi connectivity index (χ3n) is 6.14. The van der Waals surface area contributed by atoms with Crippen LogP contribution in [0.5, 0.6) is 11.5 Å². The van der Waals surface area contributed by atoms with Crippen molar-refractivity contribution >= 4 is 5.69 Å². The Morgan fingerprint density at radius 3 is 2.49 bits per heavy atom. The molecule has 0 fully saturated rings. The fourth-order valence-corrected chi connectivity index (χ4v) is 4.51. The van der Waals surface area contributed by atoms with Gasteiger partial charge in [-0.1, -0.05) is 30.3 Å². The first-order chi connectivity index (χ1) is 18.4. The van der Waals surface area contributed by atoms with Crippen molar-refractivity contribution in [1.29, 1.82) is 0 Å². The summed E-state index contributed by atoms with van der Waals surface area (Å²) in [5.74, 6) is -1.32. The molecule has 2 aromatic carbocycles. The van der Waals surface area contributed by atoms with E-state index in [1.807, 2.05) is 0 Å². The lowest BCUT2D eigenvalue weighted by atomic mass is 9.89. The van der Waals surface area contributed by atoms with Gasteiger partial charge in [-0.3, -0.25) is 0 Å². The minimum atomic E-state index is -4.90. The van der Waals surface area contributed by atoms with Crippen LogP contribution in [0.1, 0.15) is 6.42 Å². The lowest BCUT2D eigenvalue weighted by molar-refractivity contribution is -0.280. The summed E-state index contributed by atoms with van der Waals surface area (Å²) in [4.78, 5) is 1.60. The zero-order chi connectivity index (χ0) is 28.4. The van der Waals surface area contributed by atoms with Crippen molar-refractivity contribution in [3.05, 3.63) is 66.5 Å². The SMILES string of the molecule is O[C@@H](CF)CN1c2cccc(-c3cccc(OC(F)(F)F)c3)c2OCC1[C@@H]1C=C(OC(F)(F)C(F)F)C=CC1.